The number of Topliss-reactive ketones (excluding diaryl/α,β-unsaturated/α-hetero) is 1. The minimum atomic E-state index is -1.22. The van der Waals surface area contributed by atoms with Crippen molar-refractivity contribution < 1.29 is 23.9 Å². The molecular weight excluding hydrogens is 448 g/mol. The maximum Gasteiger partial charge on any atom is 0.326 e. The molecule has 6 heteroatoms. The van der Waals surface area contributed by atoms with Crippen molar-refractivity contribution in [1.82, 2.24) is 0 Å². The Balaban J connectivity index is 1.90. The zero-order valence-corrected chi connectivity index (χ0v) is 18.0. The maximum absolute atomic E-state index is 13.3. The maximum atomic E-state index is 13.3. The van der Waals surface area contributed by atoms with Crippen LogP contribution in [-0.2, 0) is 14.3 Å². The van der Waals surface area contributed by atoms with Gasteiger partial charge in [-0.3, -0.25) is 14.4 Å². The van der Waals surface area contributed by atoms with Crippen LogP contribution >= 0.6 is 15.9 Å². The molecule has 0 saturated heterocycles. The predicted molar refractivity (Wildman–Crippen MR) is 115 cm³/mol. The Bertz CT molecular complexity index is 1150. The van der Waals surface area contributed by atoms with E-state index in [1.54, 1.807) is 37.3 Å². The lowest BCUT2D eigenvalue weighted by atomic mass is 9.72. The first-order chi connectivity index (χ1) is 14.4. The van der Waals surface area contributed by atoms with Crippen molar-refractivity contribution in [3.05, 3.63) is 76.3 Å². The van der Waals surface area contributed by atoms with Gasteiger partial charge in [-0.15, -0.1) is 0 Å². The normalized spacial score (nSPS) is 19.0. The van der Waals surface area contributed by atoms with Gasteiger partial charge in [0.2, 0.25) is 0 Å². The van der Waals surface area contributed by atoms with E-state index in [-0.39, 0.29) is 5.78 Å². The molecule has 3 atom stereocenters. The van der Waals surface area contributed by atoms with Crippen molar-refractivity contribution >= 4 is 44.4 Å². The lowest BCUT2D eigenvalue weighted by molar-refractivity contribution is -0.158. The second-order valence-corrected chi connectivity index (χ2v) is 8.22. The fraction of sp³-hybridized carbons (Fsp3) is 0.208. The van der Waals surface area contributed by atoms with Gasteiger partial charge in [0.1, 0.15) is 5.75 Å². The van der Waals surface area contributed by atoms with E-state index in [0.717, 1.165) is 15.2 Å². The molecule has 0 aromatic heterocycles. The number of hydrogen-bond acceptors (Lipinski definition) is 5. The van der Waals surface area contributed by atoms with Gasteiger partial charge in [-0.25, -0.2) is 0 Å². The van der Waals surface area contributed by atoms with Crippen LogP contribution in [0.1, 0.15) is 28.8 Å². The number of carbonyl (C=O) groups is 3. The van der Waals surface area contributed by atoms with E-state index in [2.05, 4.69) is 15.9 Å². The second-order valence-electron chi connectivity index (χ2n) is 7.31. The summed E-state index contributed by atoms with van der Waals surface area (Å²) in [5.41, 5.74) is 1.19. The summed E-state index contributed by atoms with van der Waals surface area (Å²) in [7, 11) is 1.23. The van der Waals surface area contributed by atoms with Crippen LogP contribution in [0.2, 0.25) is 0 Å². The highest BCUT2D eigenvalue weighted by Crippen LogP contribution is 2.47. The molecule has 5 nitrogen and oxygen atoms in total. The Labute approximate surface area is 182 Å². The summed E-state index contributed by atoms with van der Waals surface area (Å²) in [6, 6.07) is 18.2. The number of methoxy groups -OCH3 is 1. The van der Waals surface area contributed by atoms with E-state index in [9.17, 15) is 14.4 Å². The molecule has 4 rings (SSSR count). The van der Waals surface area contributed by atoms with Gasteiger partial charge in [-0.2, -0.15) is 0 Å². The van der Waals surface area contributed by atoms with Gasteiger partial charge >= 0.3 is 11.9 Å². The Hall–Kier alpha value is -2.99. The molecule has 152 valence electrons. The summed E-state index contributed by atoms with van der Waals surface area (Å²) in [4.78, 5) is 38.7. The molecule has 0 radical (unpaired) electrons. The van der Waals surface area contributed by atoms with Gasteiger partial charge in [0.25, 0.3) is 0 Å². The van der Waals surface area contributed by atoms with Gasteiger partial charge in [0, 0.05) is 27.4 Å². The summed E-state index contributed by atoms with van der Waals surface area (Å²) >= 11 is 3.37. The lowest BCUT2D eigenvalue weighted by Crippen LogP contribution is -2.42. The summed E-state index contributed by atoms with van der Waals surface area (Å²) in [6.07, 6.45) is 0. The topological polar surface area (TPSA) is 69.7 Å². The van der Waals surface area contributed by atoms with Gasteiger partial charge in [0.15, 0.2) is 11.7 Å². The standard InChI is InChI=1S/C24H19BrO5/c1-13(22(26)15-7-10-16(25)11-8-15)19-20-17-6-4-3-5-14(17)9-12-18(20)30-24(28)21(19)23(27)29-2/h3-13,19,21H,1-2H3/t13-,19+,21-/m0/s1. The smallest absolute Gasteiger partial charge is 0.326 e. The molecule has 0 unspecified atom stereocenters. The van der Waals surface area contributed by atoms with Crippen molar-refractivity contribution in [1.29, 1.82) is 0 Å². The molecule has 0 fully saturated rings. The summed E-state index contributed by atoms with van der Waals surface area (Å²) in [6.45, 7) is 1.75. The Kier molecular flexibility index (Phi) is 5.43. The quantitative estimate of drug-likeness (QED) is 0.236. The predicted octanol–water partition coefficient (Wildman–Crippen LogP) is 4.91. The molecule has 0 spiro atoms. The number of benzene rings is 3. The van der Waals surface area contributed by atoms with Gasteiger partial charge in [-0.1, -0.05) is 65.3 Å². The van der Waals surface area contributed by atoms with Crippen LogP contribution in [0.15, 0.2) is 65.1 Å². The molecule has 0 saturated carbocycles. The van der Waals surface area contributed by atoms with Crippen LogP contribution in [0.25, 0.3) is 10.8 Å². The molecular formula is C24H19BrO5. The fourth-order valence-corrected chi connectivity index (χ4v) is 4.41. The van der Waals surface area contributed by atoms with Crippen LogP contribution in [0.3, 0.4) is 0 Å². The monoisotopic (exact) mass is 466 g/mol. The summed E-state index contributed by atoms with van der Waals surface area (Å²) in [5, 5.41) is 1.78. The first-order valence-corrected chi connectivity index (χ1v) is 10.3. The van der Waals surface area contributed by atoms with E-state index < -0.39 is 29.7 Å². The average molecular weight is 467 g/mol. The van der Waals surface area contributed by atoms with Gasteiger partial charge in [0.05, 0.1) is 7.11 Å². The highest BCUT2D eigenvalue weighted by atomic mass is 79.9. The number of ketones is 1. The molecule has 30 heavy (non-hydrogen) atoms. The van der Waals surface area contributed by atoms with Crippen molar-refractivity contribution in [2.45, 2.75) is 12.8 Å². The molecule has 0 bridgehead atoms. The second kappa shape index (κ2) is 8.03. The molecule has 0 aliphatic carbocycles. The van der Waals surface area contributed by atoms with Gasteiger partial charge in [-0.05, 0) is 29.0 Å². The van der Waals surface area contributed by atoms with E-state index in [1.165, 1.54) is 7.11 Å². The third-order valence-corrected chi connectivity index (χ3v) is 6.15. The molecule has 1 heterocycles. The molecule has 3 aromatic carbocycles. The number of esters is 2. The third-order valence-electron chi connectivity index (χ3n) is 5.62. The minimum Gasteiger partial charge on any atom is -0.468 e. The van der Waals surface area contributed by atoms with Crippen LogP contribution in [0, 0.1) is 11.8 Å². The number of hydrogen-bond donors (Lipinski definition) is 0. The molecule has 0 amide bonds. The van der Waals surface area contributed by atoms with Crippen molar-refractivity contribution in [3.8, 4) is 5.75 Å². The Morgan fingerprint density at radius 1 is 1.03 bits per heavy atom. The highest BCUT2D eigenvalue weighted by molar-refractivity contribution is 9.10. The fourth-order valence-electron chi connectivity index (χ4n) is 4.14. The van der Waals surface area contributed by atoms with E-state index in [0.29, 0.717) is 16.9 Å². The van der Waals surface area contributed by atoms with E-state index in [1.807, 2.05) is 30.3 Å². The number of ether oxygens (including phenoxy) is 2. The lowest BCUT2D eigenvalue weighted by Gasteiger charge is -2.34. The zero-order chi connectivity index (χ0) is 21.4. The van der Waals surface area contributed by atoms with Crippen molar-refractivity contribution in [2.24, 2.45) is 11.8 Å². The number of rotatable bonds is 4. The highest BCUT2D eigenvalue weighted by Gasteiger charge is 2.48. The molecule has 3 aromatic rings. The minimum absolute atomic E-state index is 0.157. The molecule has 0 N–H and O–H groups in total. The van der Waals surface area contributed by atoms with Crippen LogP contribution in [-0.4, -0.2) is 24.8 Å². The number of carbonyl (C=O) groups excluding carboxylic acids is 3. The Morgan fingerprint density at radius 3 is 2.43 bits per heavy atom. The summed E-state index contributed by atoms with van der Waals surface area (Å²) < 4.78 is 11.3. The van der Waals surface area contributed by atoms with Gasteiger partial charge < -0.3 is 9.47 Å². The van der Waals surface area contributed by atoms with Crippen LogP contribution in [0.4, 0.5) is 0 Å². The van der Waals surface area contributed by atoms with E-state index >= 15 is 0 Å². The third kappa shape index (κ3) is 3.41. The SMILES string of the molecule is COC(=O)[C@H]1C(=O)Oc2ccc3ccccc3c2[C@H]1[C@H](C)C(=O)c1ccc(Br)cc1. The van der Waals surface area contributed by atoms with E-state index in [4.69, 9.17) is 9.47 Å². The van der Waals surface area contributed by atoms with Crippen molar-refractivity contribution in [3.63, 3.8) is 0 Å². The zero-order valence-electron chi connectivity index (χ0n) is 16.4. The first-order valence-electron chi connectivity index (χ1n) is 9.53. The first kappa shape index (κ1) is 20.3. The molecule has 1 aliphatic rings. The molecule has 1 aliphatic heterocycles. The number of halogens is 1. The number of fused-ring (bicyclic) bond motifs is 3. The summed E-state index contributed by atoms with van der Waals surface area (Å²) in [5.74, 6) is -3.79. The Morgan fingerprint density at radius 2 is 1.73 bits per heavy atom. The van der Waals surface area contributed by atoms with Crippen LogP contribution < -0.4 is 4.74 Å². The van der Waals surface area contributed by atoms with Crippen molar-refractivity contribution in [2.75, 3.05) is 7.11 Å². The largest absolute Gasteiger partial charge is 0.468 e. The average Bonchev–Trinajstić information content (AvgIpc) is 2.77. The van der Waals surface area contributed by atoms with Crippen LogP contribution in [0.5, 0.6) is 5.75 Å².